The van der Waals surface area contributed by atoms with E-state index in [2.05, 4.69) is 20.6 Å². The van der Waals surface area contributed by atoms with E-state index < -0.39 is 0 Å². The number of ether oxygens (including phenoxy) is 1. The Labute approximate surface area is 152 Å². The van der Waals surface area contributed by atoms with Crippen molar-refractivity contribution < 1.29 is 4.74 Å². The van der Waals surface area contributed by atoms with E-state index in [4.69, 9.17) is 9.72 Å². The van der Waals surface area contributed by atoms with Gasteiger partial charge in [0.15, 0.2) is 5.65 Å². The summed E-state index contributed by atoms with van der Waals surface area (Å²) in [7, 11) is 0. The lowest BCUT2D eigenvalue weighted by atomic mass is 10.1. The third kappa shape index (κ3) is 3.62. The summed E-state index contributed by atoms with van der Waals surface area (Å²) >= 11 is 0. The number of hydrogen-bond donors (Lipinski definition) is 2. The van der Waals surface area contributed by atoms with Crippen LogP contribution >= 0.6 is 0 Å². The summed E-state index contributed by atoms with van der Waals surface area (Å²) in [6.45, 7) is 6.04. The molecular formula is C19H24N6O. The molecular weight excluding hydrogens is 328 g/mol. The van der Waals surface area contributed by atoms with Crippen molar-refractivity contribution in [2.24, 2.45) is 0 Å². The number of piperidine rings is 1. The maximum atomic E-state index is 5.71. The van der Waals surface area contributed by atoms with Crippen molar-refractivity contribution in [3.05, 3.63) is 36.8 Å². The van der Waals surface area contributed by atoms with E-state index in [9.17, 15) is 0 Å². The van der Waals surface area contributed by atoms with E-state index in [0.29, 0.717) is 11.9 Å². The number of nitrogens with zero attached hydrogens (tertiary/aromatic N) is 4. The molecule has 0 spiro atoms. The van der Waals surface area contributed by atoms with Gasteiger partial charge in [-0.05, 0) is 45.4 Å². The number of imidazole rings is 1. The van der Waals surface area contributed by atoms with Gasteiger partial charge in [0.05, 0.1) is 36.1 Å². The highest BCUT2D eigenvalue weighted by Crippen LogP contribution is 2.22. The van der Waals surface area contributed by atoms with Crippen LogP contribution in [0.3, 0.4) is 0 Å². The molecule has 1 aliphatic rings. The molecule has 1 fully saturated rings. The van der Waals surface area contributed by atoms with Gasteiger partial charge < -0.3 is 15.4 Å². The molecule has 136 valence electrons. The molecule has 0 saturated carbocycles. The smallest absolute Gasteiger partial charge is 0.230 e. The van der Waals surface area contributed by atoms with Crippen LogP contribution in [0.2, 0.25) is 0 Å². The first-order chi connectivity index (χ1) is 12.7. The third-order valence-corrected chi connectivity index (χ3v) is 4.39. The quantitative estimate of drug-likeness (QED) is 0.735. The lowest BCUT2D eigenvalue weighted by Gasteiger charge is -2.24. The summed E-state index contributed by atoms with van der Waals surface area (Å²) < 4.78 is 7.68. The van der Waals surface area contributed by atoms with Gasteiger partial charge in [0.25, 0.3) is 0 Å². The Morgan fingerprint density at radius 3 is 3.00 bits per heavy atom. The number of pyridine rings is 1. The van der Waals surface area contributed by atoms with Crippen molar-refractivity contribution in [2.75, 3.05) is 18.4 Å². The largest absolute Gasteiger partial charge is 0.474 e. The number of fused-ring (bicyclic) bond motifs is 1. The molecule has 3 aromatic heterocycles. The zero-order chi connectivity index (χ0) is 17.9. The zero-order valence-corrected chi connectivity index (χ0v) is 15.1. The van der Waals surface area contributed by atoms with Crippen LogP contribution in [0.25, 0.3) is 17.0 Å². The Morgan fingerprint density at radius 1 is 1.27 bits per heavy atom. The number of rotatable bonds is 5. The van der Waals surface area contributed by atoms with Crippen molar-refractivity contribution in [2.45, 2.75) is 38.8 Å². The molecule has 1 saturated heterocycles. The minimum atomic E-state index is 0.0710. The molecule has 0 aromatic carbocycles. The first-order valence-corrected chi connectivity index (χ1v) is 9.13. The van der Waals surface area contributed by atoms with Gasteiger partial charge in [-0.15, -0.1) is 0 Å². The summed E-state index contributed by atoms with van der Waals surface area (Å²) in [5, 5.41) is 6.95. The van der Waals surface area contributed by atoms with E-state index in [-0.39, 0.29) is 6.10 Å². The Morgan fingerprint density at radius 2 is 2.19 bits per heavy atom. The lowest BCUT2D eigenvalue weighted by Crippen LogP contribution is -2.38. The van der Waals surface area contributed by atoms with E-state index in [0.717, 1.165) is 42.4 Å². The van der Waals surface area contributed by atoms with Gasteiger partial charge in [-0.2, -0.15) is 0 Å². The second kappa shape index (κ2) is 7.29. The van der Waals surface area contributed by atoms with Crippen molar-refractivity contribution in [3.8, 4) is 17.3 Å². The Balaban J connectivity index is 1.63. The average molecular weight is 352 g/mol. The van der Waals surface area contributed by atoms with Crippen molar-refractivity contribution in [1.29, 1.82) is 0 Å². The third-order valence-electron chi connectivity index (χ3n) is 4.39. The molecule has 0 aliphatic carbocycles. The summed E-state index contributed by atoms with van der Waals surface area (Å²) in [4.78, 5) is 13.5. The summed E-state index contributed by atoms with van der Waals surface area (Å²) in [6, 6.07) is 6.45. The molecule has 4 rings (SSSR count). The highest BCUT2D eigenvalue weighted by Gasteiger charge is 2.14. The molecule has 1 unspecified atom stereocenters. The molecule has 0 bridgehead atoms. The van der Waals surface area contributed by atoms with Crippen LogP contribution in [0, 0.1) is 0 Å². The topological polar surface area (TPSA) is 76.4 Å². The predicted octanol–water partition coefficient (Wildman–Crippen LogP) is 2.74. The molecule has 1 atom stereocenters. The van der Waals surface area contributed by atoms with E-state index in [1.54, 1.807) is 6.20 Å². The van der Waals surface area contributed by atoms with E-state index in [1.165, 1.54) is 6.42 Å². The van der Waals surface area contributed by atoms with E-state index >= 15 is 0 Å². The number of nitrogens with one attached hydrogen (secondary N) is 2. The van der Waals surface area contributed by atoms with Crippen LogP contribution < -0.4 is 15.4 Å². The van der Waals surface area contributed by atoms with Crippen molar-refractivity contribution in [1.82, 2.24) is 24.7 Å². The molecule has 2 N–H and O–H groups in total. The first kappa shape index (κ1) is 16.8. The Kier molecular flexibility index (Phi) is 4.71. The molecule has 0 radical (unpaired) electrons. The minimum absolute atomic E-state index is 0.0710. The van der Waals surface area contributed by atoms with Crippen LogP contribution in [-0.2, 0) is 0 Å². The van der Waals surface area contributed by atoms with Crippen LogP contribution in [0.4, 0.5) is 5.82 Å². The molecule has 3 aromatic rings. The Bertz CT molecular complexity index is 885. The van der Waals surface area contributed by atoms with Gasteiger partial charge in [-0.3, -0.25) is 4.40 Å². The van der Waals surface area contributed by atoms with Crippen LogP contribution in [0.5, 0.6) is 5.88 Å². The van der Waals surface area contributed by atoms with E-state index in [1.807, 2.05) is 48.8 Å². The fourth-order valence-electron chi connectivity index (χ4n) is 3.21. The van der Waals surface area contributed by atoms with Crippen LogP contribution in [0.1, 0.15) is 26.7 Å². The van der Waals surface area contributed by atoms with Gasteiger partial charge in [-0.1, -0.05) is 6.07 Å². The summed E-state index contributed by atoms with van der Waals surface area (Å²) in [5.41, 5.74) is 2.56. The second-order valence-corrected chi connectivity index (χ2v) is 6.86. The van der Waals surface area contributed by atoms with Crippen LogP contribution in [-0.4, -0.2) is 44.6 Å². The van der Waals surface area contributed by atoms with Gasteiger partial charge in [0, 0.05) is 12.6 Å². The highest BCUT2D eigenvalue weighted by atomic mass is 16.5. The number of hydrogen-bond acceptors (Lipinski definition) is 6. The predicted molar refractivity (Wildman–Crippen MR) is 101 cm³/mol. The minimum Gasteiger partial charge on any atom is -0.474 e. The monoisotopic (exact) mass is 352 g/mol. The van der Waals surface area contributed by atoms with Gasteiger partial charge in [0.1, 0.15) is 5.82 Å². The SMILES string of the molecule is CC(C)Oc1cn2c(-c3cccc(NC4CCCNC4)n3)cnc2cn1. The number of anilines is 1. The van der Waals surface area contributed by atoms with Gasteiger partial charge >= 0.3 is 0 Å². The average Bonchev–Trinajstić information content (AvgIpc) is 3.05. The highest BCUT2D eigenvalue weighted by molar-refractivity contribution is 5.61. The number of aromatic nitrogens is 4. The van der Waals surface area contributed by atoms with Gasteiger partial charge in [-0.25, -0.2) is 15.0 Å². The van der Waals surface area contributed by atoms with Gasteiger partial charge in [0.2, 0.25) is 5.88 Å². The fourth-order valence-corrected chi connectivity index (χ4v) is 3.21. The molecule has 7 nitrogen and oxygen atoms in total. The maximum Gasteiger partial charge on any atom is 0.230 e. The molecule has 26 heavy (non-hydrogen) atoms. The first-order valence-electron chi connectivity index (χ1n) is 9.13. The van der Waals surface area contributed by atoms with Crippen LogP contribution in [0.15, 0.2) is 36.8 Å². The van der Waals surface area contributed by atoms with Crippen molar-refractivity contribution in [3.63, 3.8) is 0 Å². The molecule has 4 heterocycles. The summed E-state index contributed by atoms with van der Waals surface area (Å²) in [5.74, 6) is 1.47. The normalized spacial score (nSPS) is 17.6. The maximum absolute atomic E-state index is 5.71. The standard InChI is InChI=1S/C19H24N6O/c1-13(2)26-19-12-25-16(10-21-18(25)11-22-19)15-6-3-7-17(24-15)23-14-5-4-8-20-9-14/h3,6-7,10-14,20H,4-5,8-9H2,1-2H3,(H,23,24). The zero-order valence-electron chi connectivity index (χ0n) is 15.1. The fraction of sp³-hybridized carbons (Fsp3) is 0.421. The molecule has 0 amide bonds. The molecule has 7 heteroatoms. The summed E-state index contributed by atoms with van der Waals surface area (Å²) in [6.07, 6.45) is 7.83. The lowest BCUT2D eigenvalue weighted by molar-refractivity contribution is 0.231. The Hall–Kier alpha value is -2.67. The molecule has 1 aliphatic heterocycles. The van der Waals surface area contributed by atoms with Crippen molar-refractivity contribution >= 4 is 11.5 Å². The second-order valence-electron chi connectivity index (χ2n) is 6.86.